The van der Waals surface area contributed by atoms with E-state index in [4.69, 9.17) is 4.74 Å². The van der Waals surface area contributed by atoms with Gasteiger partial charge in [0.25, 0.3) is 0 Å². The summed E-state index contributed by atoms with van der Waals surface area (Å²) in [6.45, 7) is 3.60. The van der Waals surface area contributed by atoms with E-state index in [-0.39, 0.29) is 6.04 Å². The molecule has 0 saturated heterocycles. The van der Waals surface area contributed by atoms with E-state index in [0.717, 1.165) is 18.7 Å². The summed E-state index contributed by atoms with van der Waals surface area (Å²) in [5.41, 5.74) is 1.03. The summed E-state index contributed by atoms with van der Waals surface area (Å²) in [5, 5.41) is 3.19. The highest BCUT2D eigenvalue weighted by molar-refractivity contribution is 5.08. The van der Waals surface area contributed by atoms with Crippen molar-refractivity contribution in [2.45, 2.75) is 19.4 Å². The number of likely N-dealkylation sites (N-methyl/N-ethyl adjacent to an activating group) is 1. The molecule has 0 aliphatic heterocycles. The van der Waals surface area contributed by atoms with E-state index in [1.165, 1.54) is 0 Å². The Kier molecular flexibility index (Phi) is 5.19. The number of nitrogens with zero attached hydrogens (tertiary/aromatic N) is 1. The third-order valence-electron chi connectivity index (χ3n) is 2.03. The van der Waals surface area contributed by atoms with Gasteiger partial charge in [0.15, 0.2) is 0 Å². The molecule has 3 heteroatoms. The third kappa shape index (κ3) is 3.44. The van der Waals surface area contributed by atoms with Crippen LogP contribution < -0.4 is 5.32 Å². The van der Waals surface area contributed by atoms with Crippen LogP contribution in [0.25, 0.3) is 0 Å². The van der Waals surface area contributed by atoms with Crippen LogP contribution in [0.5, 0.6) is 0 Å². The molecule has 0 amide bonds. The third-order valence-corrected chi connectivity index (χ3v) is 2.03. The van der Waals surface area contributed by atoms with Crippen LogP contribution in [-0.2, 0) is 4.74 Å². The molecule has 1 unspecified atom stereocenters. The predicted octanol–water partition coefficient (Wildman–Crippen LogP) is 1.77. The highest BCUT2D eigenvalue weighted by atomic mass is 16.5. The topological polar surface area (TPSA) is 34.1 Å². The maximum Gasteiger partial charge on any atom is 0.0730 e. The molecule has 1 atom stereocenters. The minimum Gasteiger partial charge on any atom is -0.379 e. The number of nitrogens with one attached hydrogen (secondary N) is 1. The second kappa shape index (κ2) is 6.51. The van der Waals surface area contributed by atoms with Gasteiger partial charge in [0.05, 0.1) is 18.3 Å². The maximum atomic E-state index is 5.49. The summed E-state index contributed by atoms with van der Waals surface area (Å²) in [4.78, 5) is 4.29. The fourth-order valence-electron chi connectivity index (χ4n) is 1.24. The lowest BCUT2D eigenvalue weighted by Crippen LogP contribution is -2.22. The Bertz CT molecular complexity index is 238. The number of aromatic nitrogens is 1. The van der Waals surface area contributed by atoms with Crippen molar-refractivity contribution >= 4 is 0 Å². The number of pyridine rings is 1. The van der Waals surface area contributed by atoms with Gasteiger partial charge in [0.2, 0.25) is 0 Å². The summed E-state index contributed by atoms with van der Waals surface area (Å²) in [7, 11) is 1.93. The summed E-state index contributed by atoms with van der Waals surface area (Å²) < 4.78 is 5.49. The molecule has 0 aromatic carbocycles. The van der Waals surface area contributed by atoms with E-state index in [9.17, 15) is 0 Å². The standard InChI is InChI=1S/C11H18N2O/c1-3-8-14-9-11(12-2)10-6-4-5-7-13-10/h4-7,11-12H,3,8-9H2,1-2H3. The van der Waals surface area contributed by atoms with Gasteiger partial charge >= 0.3 is 0 Å². The van der Waals surface area contributed by atoms with Crippen LogP contribution in [0.15, 0.2) is 24.4 Å². The number of rotatable bonds is 6. The summed E-state index contributed by atoms with van der Waals surface area (Å²) in [5.74, 6) is 0. The van der Waals surface area contributed by atoms with Crippen LogP contribution in [0, 0.1) is 0 Å². The van der Waals surface area contributed by atoms with Crippen molar-refractivity contribution in [3.8, 4) is 0 Å². The van der Waals surface area contributed by atoms with Crippen molar-refractivity contribution in [2.24, 2.45) is 0 Å². The largest absolute Gasteiger partial charge is 0.379 e. The van der Waals surface area contributed by atoms with Gasteiger partial charge in [0.1, 0.15) is 0 Å². The van der Waals surface area contributed by atoms with Crippen molar-refractivity contribution in [3.63, 3.8) is 0 Å². The van der Waals surface area contributed by atoms with Gasteiger partial charge in [-0.15, -0.1) is 0 Å². The zero-order valence-electron chi connectivity index (χ0n) is 8.86. The van der Waals surface area contributed by atoms with Gasteiger partial charge in [-0.1, -0.05) is 13.0 Å². The van der Waals surface area contributed by atoms with Crippen molar-refractivity contribution in [1.29, 1.82) is 0 Å². The Hall–Kier alpha value is -0.930. The molecule has 0 bridgehead atoms. The molecule has 0 aliphatic carbocycles. The van der Waals surface area contributed by atoms with Gasteiger partial charge in [-0.05, 0) is 25.6 Å². The van der Waals surface area contributed by atoms with E-state index in [2.05, 4.69) is 17.2 Å². The van der Waals surface area contributed by atoms with E-state index in [1.807, 2.05) is 25.2 Å². The monoisotopic (exact) mass is 194 g/mol. The Labute approximate surface area is 85.5 Å². The smallest absolute Gasteiger partial charge is 0.0730 e. The molecule has 0 radical (unpaired) electrons. The van der Waals surface area contributed by atoms with Gasteiger partial charge in [-0.2, -0.15) is 0 Å². The molecule has 0 aliphatic rings. The molecule has 14 heavy (non-hydrogen) atoms. The SMILES string of the molecule is CCCOCC(NC)c1ccccn1. The first-order valence-corrected chi connectivity index (χ1v) is 5.04. The molecule has 0 fully saturated rings. The molecule has 1 heterocycles. The first-order valence-electron chi connectivity index (χ1n) is 5.04. The molecule has 78 valence electrons. The minimum atomic E-state index is 0.197. The Morgan fingerprint density at radius 1 is 1.50 bits per heavy atom. The normalized spacial score (nSPS) is 12.7. The van der Waals surface area contributed by atoms with Crippen LogP contribution in [-0.4, -0.2) is 25.2 Å². The van der Waals surface area contributed by atoms with Crippen molar-refractivity contribution < 1.29 is 4.74 Å². The molecule has 3 nitrogen and oxygen atoms in total. The second-order valence-corrected chi connectivity index (χ2v) is 3.17. The Morgan fingerprint density at radius 2 is 2.36 bits per heavy atom. The molecule has 1 rings (SSSR count). The van der Waals surface area contributed by atoms with Gasteiger partial charge in [-0.3, -0.25) is 4.98 Å². The highest BCUT2D eigenvalue weighted by Gasteiger charge is 2.09. The zero-order chi connectivity index (χ0) is 10.2. The van der Waals surface area contributed by atoms with Gasteiger partial charge in [0, 0.05) is 12.8 Å². The highest BCUT2D eigenvalue weighted by Crippen LogP contribution is 2.08. The summed E-state index contributed by atoms with van der Waals surface area (Å²) in [6.07, 6.45) is 2.86. The van der Waals surface area contributed by atoms with Crippen molar-refractivity contribution in [2.75, 3.05) is 20.3 Å². The predicted molar refractivity (Wildman–Crippen MR) is 57.1 cm³/mol. The van der Waals surface area contributed by atoms with Crippen LogP contribution in [0.2, 0.25) is 0 Å². The fraction of sp³-hybridized carbons (Fsp3) is 0.545. The number of hydrogen-bond donors (Lipinski definition) is 1. The lowest BCUT2D eigenvalue weighted by Gasteiger charge is -2.15. The first-order chi connectivity index (χ1) is 6.88. The second-order valence-electron chi connectivity index (χ2n) is 3.17. The quantitative estimate of drug-likeness (QED) is 0.701. The molecular formula is C11H18N2O. The van der Waals surface area contributed by atoms with Gasteiger partial charge < -0.3 is 10.1 Å². The molecule has 1 aromatic rings. The Balaban J connectivity index is 2.46. The molecule has 1 N–H and O–H groups in total. The van der Waals surface area contributed by atoms with Crippen LogP contribution in [0.3, 0.4) is 0 Å². The maximum absolute atomic E-state index is 5.49. The molecule has 0 saturated carbocycles. The first kappa shape index (κ1) is 11.1. The van der Waals surface area contributed by atoms with Crippen LogP contribution in [0.4, 0.5) is 0 Å². The summed E-state index contributed by atoms with van der Waals surface area (Å²) >= 11 is 0. The van der Waals surface area contributed by atoms with Crippen LogP contribution in [0.1, 0.15) is 25.1 Å². The average molecular weight is 194 g/mol. The number of hydrogen-bond acceptors (Lipinski definition) is 3. The average Bonchev–Trinajstić information content (AvgIpc) is 2.26. The lowest BCUT2D eigenvalue weighted by molar-refractivity contribution is 0.113. The zero-order valence-corrected chi connectivity index (χ0v) is 8.86. The summed E-state index contributed by atoms with van der Waals surface area (Å²) in [6, 6.07) is 6.12. The number of ether oxygens (including phenoxy) is 1. The minimum absolute atomic E-state index is 0.197. The molecule has 0 spiro atoms. The Morgan fingerprint density at radius 3 is 2.93 bits per heavy atom. The fourth-order valence-corrected chi connectivity index (χ4v) is 1.24. The van der Waals surface area contributed by atoms with Crippen molar-refractivity contribution in [3.05, 3.63) is 30.1 Å². The molecular weight excluding hydrogens is 176 g/mol. The molecule has 1 aromatic heterocycles. The van der Waals surface area contributed by atoms with E-state index >= 15 is 0 Å². The van der Waals surface area contributed by atoms with E-state index < -0.39 is 0 Å². The van der Waals surface area contributed by atoms with Crippen LogP contribution >= 0.6 is 0 Å². The van der Waals surface area contributed by atoms with E-state index in [1.54, 1.807) is 6.20 Å². The van der Waals surface area contributed by atoms with Crippen molar-refractivity contribution in [1.82, 2.24) is 10.3 Å². The lowest BCUT2D eigenvalue weighted by atomic mass is 10.2. The van der Waals surface area contributed by atoms with Gasteiger partial charge in [-0.25, -0.2) is 0 Å². The van der Waals surface area contributed by atoms with E-state index in [0.29, 0.717) is 6.61 Å².